The number of hydrogen-bond acceptors (Lipinski definition) is 6. The van der Waals surface area contributed by atoms with E-state index in [-0.39, 0.29) is 12.5 Å². The van der Waals surface area contributed by atoms with Gasteiger partial charge in [0.05, 0.1) is 5.56 Å². The first kappa shape index (κ1) is 17.6. The summed E-state index contributed by atoms with van der Waals surface area (Å²) < 4.78 is 38.4. The van der Waals surface area contributed by atoms with Crippen molar-refractivity contribution in [3.63, 3.8) is 0 Å². The maximum Gasteiger partial charge on any atom is 0.416 e. The van der Waals surface area contributed by atoms with Crippen molar-refractivity contribution in [3.8, 4) is 0 Å². The topological polar surface area (TPSA) is 75.6 Å². The minimum Gasteiger partial charge on any atom is -0.366 e. The number of benzene rings is 1. The Morgan fingerprint density at radius 2 is 1.77 bits per heavy atom. The van der Waals surface area contributed by atoms with Crippen molar-refractivity contribution in [2.75, 3.05) is 10.6 Å². The normalized spacial score (nSPS) is 11.2. The van der Waals surface area contributed by atoms with E-state index in [1.165, 1.54) is 6.07 Å². The molecule has 1 aromatic carbocycles. The van der Waals surface area contributed by atoms with Crippen LogP contribution in [0, 0.1) is 6.92 Å². The number of alkyl halides is 3. The SMILES string of the molecule is Cc1cnc(Nc2ncccn2)nc1NCc1cccc(C(F)(F)F)c1. The molecular weight excluding hydrogens is 345 g/mol. The molecule has 3 rings (SSSR count). The Bertz CT molecular complexity index is 883. The van der Waals surface area contributed by atoms with Crippen molar-refractivity contribution >= 4 is 17.7 Å². The summed E-state index contributed by atoms with van der Waals surface area (Å²) in [4.78, 5) is 16.5. The molecule has 0 amide bonds. The van der Waals surface area contributed by atoms with Crippen molar-refractivity contribution in [3.05, 3.63) is 65.6 Å². The number of aromatic nitrogens is 4. The molecule has 0 aliphatic heterocycles. The molecule has 2 heterocycles. The molecule has 6 nitrogen and oxygen atoms in total. The maximum atomic E-state index is 12.8. The highest BCUT2D eigenvalue weighted by Crippen LogP contribution is 2.29. The van der Waals surface area contributed by atoms with Gasteiger partial charge in [0.2, 0.25) is 11.9 Å². The third-order valence-corrected chi connectivity index (χ3v) is 3.48. The molecule has 134 valence electrons. The van der Waals surface area contributed by atoms with Gasteiger partial charge in [0.25, 0.3) is 0 Å². The second kappa shape index (κ2) is 7.34. The fourth-order valence-electron chi connectivity index (χ4n) is 2.19. The van der Waals surface area contributed by atoms with Crippen LogP contribution in [0.3, 0.4) is 0 Å². The maximum absolute atomic E-state index is 12.8. The Morgan fingerprint density at radius 1 is 1.00 bits per heavy atom. The van der Waals surface area contributed by atoms with Gasteiger partial charge >= 0.3 is 6.18 Å². The van der Waals surface area contributed by atoms with E-state index in [9.17, 15) is 13.2 Å². The van der Waals surface area contributed by atoms with Gasteiger partial charge in [-0.25, -0.2) is 15.0 Å². The fourth-order valence-corrected chi connectivity index (χ4v) is 2.19. The Labute approximate surface area is 147 Å². The first-order valence-corrected chi connectivity index (χ1v) is 7.69. The van der Waals surface area contributed by atoms with Crippen LogP contribution in [0.15, 0.2) is 48.9 Å². The molecule has 0 atom stereocenters. The van der Waals surface area contributed by atoms with E-state index in [1.807, 2.05) is 0 Å². The largest absolute Gasteiger partial charge is 0.416 e. The molecule has 0 radical (unpaired) electrons. The zero-order valence-electron chi connectivity index (χ0n) is 13.7. The van der Waals surface area contributed by atoms with Gasteiger partial charge in [-0.1, -0.05) is 12.1 Å². The van der Waals surface area contributed by atoms with Crippen molar-refractivity contribution < 1.29 is 13.2 Å². The molecule has 3 aromatic rings. The van der Waals surface area contributed by atoms with Gasteiger partial charge in [-0.2, -0.15) is 18.2 Å². The van der Waals surface area contributed by atoms with E-state index in [0.29, 0.717) is 17.3 Å². The number of nitrogens with one attached hydrogen (secondary N) is 2. The smallest absolute Gasteiger partial charge is 0.366 e. The molecular formula is C17H15F3N6. The molecule has 0 saturated carbocycles. The quantitative estimate of drug-likeness (QED) is 0.718. The minimum atomic E-state index is -4.37. The molecule has 0 unspecified atom stereocenters. The molecule has 0 bridgehead atoms. The Hall–Kier alpha value is -3.23. The van der Waals surface area contributed by atoms with Crippen molar-refractivity contribution in [1.29, 1.82) is 0 Å². The molecule has 0 saturated heterocycles. The highest BCUT2D eigenvalue weighted by molar-refractivity contribution is 5.50. The summed E-state index contributed by atoms with van der Waals surface area (Å²) in [6.07, 6.45) is 0.396. The zero-order chi connectivity index (χ0) is 18.6. The highest BCUT2D eigenvalue weighted by Gasteiger charge is 2.30. The molecule has 9 heteroatoms. The van der Waals surface area contributed by atoms with Gasteiger partial charge in [-0.15, -0.1) is 0 Å². The molecule has 26 heavy (non-hydrogen) atoms. The van der Waals surface area contributed by atoms with Crippen LogP contribution in [0.1, 0.15) is 16.7 Å². The van der Waals surface area contributed by atoms with E-state index in [1.54, 1.807) is 37.6 Å². The fraction of sp³-hybridized carbons (Fsp3) is 0.176. The third kappa shape index (κ3) is 4.44. The molecule has 0 fully saturated rings. The molecule has 0 aliphatic carbocycles. The molecule has 2 N–H and O–H groups in total. The van der Waals surface area contributed by atoms with E-state index < -0.39 is 11.7 Å². The van der Waals surface area contributed by atoms with Gasteiger partial charge in [-0.05, 0) is 30.7 Å². The van der Waals surface area contributed by atoms with E-state index >= 15 is 0 Å². The van der Waals surface area contributed by atoms with Crippen LogP contribution < -0.4 is 10.6 Å². The lowest BCUT2D eigenvalue weighted by Gasteiger charge is -2.12. The van der Waals surface area contributed by atoms with Gasteiger partial charge < -0.3 is 5.32 Å². The van der Waals surface area contributed by atoms with Crippen LogP contribution in [0.5, 0.6) is 0 Å². The summed E-state index contributed by atoms with van der Waals surface area (Å²) in [6.45, 7) is 2.00. The van der Waals surface area contributed by atoms with Crippen LogP contribution in [-0.4, -0.2) is 19.9 Å². The number of halogens is 3. The van der Waals surface area contributed by atoms with Crippen LogP contribution in [-0.2, 0) is 12.7 Å². The number of anilines is 3. The second-order valence-corrected chi connectivity index (χ2v) is 5.47. The monoisotopic (exact) mass is 360 g/mol. The number of hydrogen-bond donors (Lipinski definition) is 2. The second-order valence-electron chi connectivity index (χ2n) is 5.47. The summed E-state index contributed by atoms with van der Waals surface area (Å²) in [6, 6.07) is 6.84. The van der Waals surface area contributed by atoms with Gasteiger partial charge in [0.15, 0.2) is 0 Å². The van der Waals surface area contributed by atoms with Crippen LogP contribution in [0.4, 0.5) is 30.9 Å². The summed E-state index contributed by atoms with van der Waals surface area (Å²) in [5.41, 5.74) is 0.579. The number of aryl methyl sites for hydroxylation is 1. The first-order chi connectivity index (χ1) is 12.4. The first-order valence-electron chi connectivity index (χ1n) is 7.69. The lowest BCUT2D eigenvalue weighted by atomic mass is 10.1. The van der Waals surface area contributed by atoms with Crippen LogP contribution in [0.2, 0.25) is 0 Å². The summed E-state index contributed by atoms with van der Waals surface area (Å²) in [5.74, 6) is 1.14. The Morgan fingerprint density at radius 3 is 2.50 bits per heavy atom. The van der Waals surface area contributed by atoms with Crippen molar-refractivity contribution in [2.24, 2.45) is 0 Å². The lowest BCUT2D eigenvalue weighted by molar-refractivity contribution is -0.137. The van der Waals surface area contributed by atoms with Crippen LogP contribution >= 0.6 is 0 Å². The summed E-state index contributed by atoms with van der Waals surface area (Å²) in [7, 11) is 0. The zero-order valence-corrected chi connectivity index (χ0v) is 13.7. The predicted molar refractivity (Wildman–Crippen MR) is 90.9 cm³/mol. The lowest BCUT2D eigenvalue weighted by Crippen LogP contribution is -2.09. The van der Waals surface area contributed by atoms with Crippen molar-refractivity contribution in [1.82, 2.24) is 19.9 Å². The van der Waals surface area contributed by atoms with Gasteiger partial charge in [0, 0.05) is 30.7 Å². The standard InChI is InChI=1S/C17H15F3N6/c1-11-9-24-16(26-15-21-6-3-7-22-15)25-14(11)23-10-12-4-2-5-13(8-12)17(18,19)20/h2-9H,10H2,1H3,(H2,21,22,23,24,25,26). The van der Waals surface area contributed by atoms with Gasteiger partial charge in [-0.3, -0.25) is 5.32 Å². The average molecular weight is 360 g/mol. The van der Waals surface area contributed by atoms with E-state index in [0.717, 1.165) is 17.7 Å². The van der Waals surface area contributed by atoms with E-state index in [2.05, 4.69) is 30.6 Å². The molecule has 2 aromatic heterocycles. The molecule has 0 spiro atoms. The number of rotatable bonds is 5. The summed E-state index contributed by atoms with van der Waals surface area (Å²) in [5, 5.41) is 5.90. The third-order valence-electron chi connectivity index (χ3n) is 3.48. The summed E-state index contributed by atoms with van der Waals surface area (Å²) >= 11 is 0. The highest BCUT2D eigenvalue weighted by atomic mass is 19.4. The Balaban J connectivity index is 1.73. The van der Waals surface area contributed by atoms with Gasteiger partial charge in [0.1, 0.15) is 5.82 Å². The molecule has 0 aliphatic rings. The van der Waals surface area contributed by atoms with E-state index in [4.69, 9.17) is 0 Å². The Kier molecular flexibility index (Phi) is 4.97. The van der Waals surface area contributed by atoms with Crippen molar-refractivity contribution in [2.45, 2.75) is 19.6 Å². The predicted octanol–water partition coefficient (Wildman–Crippen LogP) is 3.95. The average Bonchev–Trinajstić information content (AvgIpc) is 2.62. The minimum absolute atomic E-state index is 0.197. The van der Waals surface area contributed by atoms with Crippen LogP contribution in [0.25, 0.3) is 0 Å². The number of nitrogens with zero attached hydrogens (tertiary/aromatic N) is 4.